The van der Waals surface area contributed by atoms with E-state index in [1.807, 2.05) is 6.07 Å². The van der Waals surface area contributed by atoms with Crippen molar-refractivity contribution in [1.29, 1.82) is 0 Å². The minimum absolute atomic E-state index is 0.867. The van der Waals surface area contributed by atoms with Crippen molar-refractivity contribution < 1.29 is 0 Å². The second-order valence-electron chi connectivity index (χ2n) is 3.97. The van der Waals surface area contributed by atoms with Crippen LogP contribution in [0.25, 0.3) is 0 Å². The highest BCUT2D eigenvalue weighted by Crippen LogP contribution is 2.20. The average Bonchev–Trinajstić information content (AvgIpc) is 2.76. The van der Waals surface area contributed by atoms with Crippen molar-refractivity contribution >= 4 is 22.9 Å². The zero-order valence-electron chi connectivity index (χ0n) is 9.66. The van der Waals surface area contributed by atoms with E-state index >= 15 is 0 Å². The van der Waals surface area contributed by atoms with E-state index in [0.29, 0.717) is 0 Å². The molecule has 0 aliphatic carbocycles. The van der Waals surface area contributed by atoms with Crippen molar-refractivity contribution in [1.82, 2.24) is 5.32 Å². The van der Waals surface area contributed by atoms with Crippen LogP contribution in [0.15, 0.2) is 42.5 Å². The minimum atomic E-state index is 0.867. The average molecular weight is 266 g/mol. The van der Waals surface area contributed by atoms with Gasteiger partial charge < -0.3 is 5.32 Å². The molecule has 2 rings (SSSR count). The summed E-state index contributed by atoms with van der Waals surface area (Å²) >= 11 is 7.52. The maximum Gasteiger partial charge on any atom is 0.0931 e. The number of halogens is 1. The normalized spacial score (nSPS) is 10.6. The number of rotatable bonds is 6. The number of aryl methyl sites for hydroxylation is 1. The Morgan fingerprint density at radius 1 is 1.06 bits per heavy atom. The zero-order valence-corrected chi connectivity index (χ0v) is 11.2. The molecule has 0 unspecified atom stereocenters. The number of hydrogen-bond acceptors (Lipinski definition) is 2. The fourth-order valence-electron chi connectivity index (χ4n) is 1.72. The third-order valence-corrected chi connectivity index (χ3v) is 3.82. The molecule has 0 saturated carbocycles. The molecule has 0 aliphatic rings. The third-order valence-electron chi connectivity index (χ3n) is 2.59. The van der Waals surface area contributed by atoms with Crippen LogP contribution in [0.3, 0.4) is 0 Å². The lowest BCUT2D eigenvalue weighted by molar-refractivity contribution is 0.654. The van der Waals surface area contributed by atoms with Crippen molar-refractivity contribution in [2.75, 3.05) is 6.54 Å². The van der Waals surface area contributed by atoms with Gasteiger partial charge in [-0.3, -0.25) is 0 Å². The molecular formula is C14H16ClNS. The molecule has 3 heteroatoms. The molecule has 1 heterocycles. The molecule has 1 aromatic carbocycles. The summed E-state index contributed by atoms with van der Waals surface area (Å²) in [5, 5.41) is 3.44. The molecular weight excluding hydrogens is 250 g/mol. The van der Waals surface area contributed by atoms with Crippen molar-refractivity contribution in [3.63, 3.8) is 0 Å². The highest BCUT2D eigenvalue weighted by Gasteiger charge is 1.97. The quantitative estimate of drug-likeness (QED) is 0.775. The molecule has 2 aromatic rings. The van der Waals surface area contributed by atoms with Crippen molar-refractivity contribution in [2.45, 2.75) is 19.4 Å². The Morgan fingerprint density at radius 2 is 1.88 bits per heavy atom. The SMILES string of the molecule is Clc1ccc(CNCCCc2ccccc2)s1. The molecule has 0 aliphatic heterocycles. The lowest BCUT2D eigenvalue weighted by atomic mass is 10.1. The van der Waals surface area contributed by atoms with E-state index in [1.165, 1.54) is 16.9 Å². The van der Waals surface area contributed by atoms with Crippen LogP contribution in [-0.2, 0) is 13.0 Å². The largest absolute Gasteiger partial charge is 0.312 e. The Labute approximate surface area is 111 Å². The molecule has 90 valence electrons. The molecule has 0 atom stereocenters. The summed E-state index contributed by atoms with van der Waals surface area (Å²) in [6.45, 7) is 1.97. The summed E-state index contributed by atoms with van der Waals surface area (Å²) in [5.41, 5.74) is 1.41. The summed E-state index contributed by atoms with van der Waals surface area (Å²) in [7, 11) is 0. The fourth-order valence-corrected chi connectivity index (χ4v) is 2.78. The van der Waals surface area contributed by atoms with Crippen LogP contribution in [-0.4, -0.2) is 6.54 Å². The molecule has 1 N–H and O–H groups in total. The predicted molar refractivity (Wildman–Crippen MR) is 75.8 cm³/mol. The van der Waals surface area contributed by atoms with Crippen LogP contribution in [0.2, 0.25) is 4.34 Å². The van der Waals surface area contributed by atoms with Crippen molar-refractivity contribution in [3.8, 4) is 0 Å². The standard InChI is InChI=1S/C14H16ClNS/c15-14-9-8-13(17-14)11-16-10-4-7-12-5-2-1-3-6-12/h1-3,5-6,8-9,16H,4,7,10-11H2. The van der Waals surface area contributed by atoms with Crippen LogP contribution in [0.4, 0.5) is 0 Å². The second kappa shape index (κ2) is 6.80. The van der Waals surface area contributed by atoms with E-state index in [9.17, 15) is 0 Å². The lowest BCUT2D eigenvalue weighted by Gasteiger charge is -2.03. The van der Waals surface area contributed by atoms with E-state index < -0.39 is 0 Å². The van der Waals surface area contributed by atoms with Gasteiger partial charge in [0.15, 0.2) is 0 Å². The molecule has 0 bridgehead atoms. The van der Waals surface area contributed by atoms with Gasteiger partial charge in [0.25, 0.3) is 0 Å². The van der Waals surface area contributed by atoms with Crippen LogP contribution < -0.4 is 5.32 Å². The Morgan fingerprint density at radius 3 is 2.59 bits per heavy atom. The van der Waals surface area contributed by atoms with E-state index in [1.54, 1.807) is 11.3 Å². The maximum absolute atomic E-state index is 5.87. The molecule has 17 heavy (non-hydrogen) atoms. The van der Waals surface area contributed by atoms with Gasteiger partial charge in [-0.15, -0.1) is 11.3 Å². The van der Waals surface area contributed by atoms with E-state index in [2.05, 4.69) is 41.7 Å². The summed E-state index contributed by atoms with van der Waals surface area (Å²) in [4.78, 5) is 1.30. The molecule has 0 spiro atoms. The molecule has 1 aromatic heterocycles. The fraction of sp³-hybridized carbons (Fsp3) is 0.286. The van der Waals surface area contributed by atoms with E-state index in [0.717, 1.165) is 23.8 Å². The van der Waals surface area contributed by atoms with Crippen LogP contribution in [0.5, 0.6) is 0 Å². The van der Waals surface area contributed by atoms with Crippen molar-refractivity contribution in [2.24, 2.45) is 0 Å². The molecule has 0 saturated heterocycles. The third kappa shape index (κ3) is 4.50. The van der Waals surface area contributed by atoms with Gasteiger partial charge in [-0.2, -0.15) is 0 Å². The predicted octanol–water partition coefficient (Wildman–Crippen LogP) is 4.12. The summed E-state index contributed by atoms with van der Waals surface area (Å²) in [5.74, 6) is 0. The number of hydrogen-bond donors (Lipinski definition) is 1. The van der Waals surface area contributed by atoms with Gasteiger partial charge in [0.2, 0.25) is 0 Å². The van der Waals surface area contributed by atoms with Gasteiger partial charge in [-0.1, -0.05) is 41.9 Å². The van der Waals surface area contributed by atoms with Crippen LogP contribution >= 0.6 is 22.9 Å². The van der Waals surface area contributed by atoms with Gasteiger partial charge in [0, 0.05) is 11.4 Å². The number of thiophene rings is 1. The first-order valence-corrected chi connectivity index (χ1v) is 7.03. The first-order valence-electron chi connectivity index (χ1n) is 5.83. The van der Waals surface area contributed by atoms with Crippen LogP contribution in [0, 0.1) is 0 Å². The molecule has 0 amide bonds. The smallest absolute Gasteiger partial charge is 0.0931 e. The van der Waals surface area contributed by atoms with Gasteiger partial charge in [-0.05, 0) is 37.1 Å². The minimum Gasteiger partial charge on any atom is -0.312 e. The highest BCUT2D eigenvalue weighted by atomic mass is 35.5. The van der Waals surface area contributed by atoms with Gasteiger partial charge in [0.1, 0.15) is 0 Å². The zero-order chi connectivity index (χ0) is 11.9. The number of nitrogens with one attached hydrogen (secondary N) is 1. The maximum atomic E-state index is 5.87. The Balaban J connectivity index is 1.61. The summed E-state index contributed by atoms with van der Waals surface area (Å²) in [6, 6.07) is 14.6. The first-order chi connectivity index (χ1) is 8.34. The van der Waals surface area contributed by atoms with E-state index in [-0.39, 0.29) is 0 Å². The highest BCUT2D eigenvalue weighted by molar-refractivity contribution is 7.16. The monoisotopic (exact) mass is 265 g/mol. The van der Waals surface area contributed by atoms with Crippen LogP contribution in [0.1, 0.15) is 16.9 Å². The summed E-state index contributed by atoms with van der Waals surface area (Å²) < 4.78 is 0.867. The number of benzene rings is 1. The van der Waals surface area contributed by atoms with Gasteiger partial charge >= 0.3 is 0 Å². The first kappa shape index (κ1) is 12.6. The lowest BCUT2D eigenvalue weighted by Crippen LogP contribution is -2.14. The molecule has 1 nitrogen and oxygen atoms in total. The van der Waals surface area contributed by atoms with E-state index in [4.69, 9.17) is 11.6 Å². The molecule has 0 fully saturated rings. The topological polar surface area (TPSA) is 12.0 Å². The Kier molecular flexibility index (Phi) is 5.05. The van der Waals surface area contributed by atoms with Gasteiger partial charge in [-0.25, -0.2) is 0 Å². The second-order valence-corrected chi connectivity index (χ2v) is 5.77. The molecule has 0 radical (unpaired) electrons. The Bertz CT molecular complexity index is 438. The van der Waals surface area contributed by atoms with Gasteiger partial charge in [0.05, 0.1) is 4.34 Å². The Hall–Kier alpha value is -0.830. The summed E-state index contributed by atoms with van der Waals surface area (Å²) in [6.07, 6.45) is 2.31. The van der Waals surface area contributed by atoms with Crippen molar-refractivity contribution in [3.05, 3.63) is 57.2 Å².